The number of anilines is 1. The summed E-state index contributed by atoms with van der Waals surface area (Å²) in [4.78, 5) is 11.7. The van der Waals surface area contributed by atoms with Gasteiger partial charge in [-0.15, -0.1) is 0 Å². The number of nitriles is 1. The van der Waals surface area contributed by atoms with Crippen LogP contribution in [0.15, 0.2) is 54.6 Å². The normalized spacial score (nSPS) is 13.6. The highest BCUT2D eigenvalue weighted by Crippen LogP contribution is 2.33. The average molecular weight is 457 g/mol. The Morgan fingerprint density at radius 2 is 1.62 bits per heavy atom. The molecule has 0 radical (unpaired) electrons. The molecule has 0 amide bonds. The fraction of sp³-hybridized carbons (Fsp3) is 0.192. The summed E-state index contributed by atoms with van der Waals surface area (Å²) < 4.78 is 33.9. The van der Waals surface area contributed by atoms with Crippen LogP contribution in [0.1, 0.15) is 5.56 Å². The first kappa shape index (κ1) is 21.7. The van der Waals surface area contributed by atoms with Crippen molar-refractivity contribution in [2.75, 3.05) is 38.2 Å². The van der Waals surface area contributed by atoms with E-state index in [1.165, 1.54) is 25.3 Å². The van der Waals surface area contributed by atoms with Gasteiger partial charge in [0, 0.05) is 37.1 Å². The molecule has 8 heteroatoms. The van der Waals surface area contributed by atoms with Gasteiger partial charge in [0.25, 0.3) is 0 Å². The van der Waals surface area contributed by atoms with Crippen LogP contribution in [0, 0.1) is 23.0 Å². The lowest BCUT2D eigenvalue weighted by atomic mass is 9.99. The molecule has 3 aromatic carbocycles. The summed E-state index contributed by atoms with van der Waals surface area (Å²) in [6, 6.07) is 16.7. The zero-order chi connectivity index (χ0) is 23.7. The molecule has 0 unspecified atom stereocenters. The molecule has 0 atom stereocenters. The Bertz CT molecular complexity index is 1430. The number of methoxy groups -OCH3 is 1. The number of rotatable bonds is 4. The fourth-order valence-corrected chi connectivity index (χ4v) is 4.12. The summed E-state index contributed by atoms with van der Waals surface area (Å²) in [7, 11) is 1.42. The van der Waals surface area contributed by atoms with Crippen LogP contribution >= 0.6 is 0 Å². The third kappa shape index (κ3) is 4.02. The van der Waals surface area contributed by atoms with Gasteiger partial charge in [-0.1, -0.05) is 18.2 Å². The number of aromatic nitrogens is 2. The van der Waals surface area contributed by atoms with E-state index in [4.69, 9.17) is 20.0 Å². The maximum absolute atomic E-state index is 14.5. The van der Waals surface area contributed by atoms with Crippen molar-refractivity contribution in [1.82, 2.24) is 15.3 Å². The van der Waals surface area contributed by atoms with E-state index in [2.05, 4.69) is 10.2 Å². The molecule has 1 N–H and O–H groups in total. The highest BCUT2D eigenvalue weighted by atomic mass is 19.1. The number of nitrogens with one attached hydrogen (secondary N) is 1. The zero-order valence-corrected chi connectivity index (χ0v) is 18.5. The molecule has 4 aromatic rings. The van der Waals surface area contributed by atoms with Crippen LogP contribution in [0.2, 0.25) is 0 Å². The van der Waals surface area contributed by atoms with Gasteiger partial charge < -0.3 is 15.0 Å². The third-order valence-corrected chi connectivity index (χ3v) is 5.93. The molecular weight excluding hydrogens is 436 g/mol. The van der Waals surface area contributed by atoms with E-state index in [1.807, 2.05) is 24.3 Å². The monoisotopic (exact) mass is 457 g/mol. The van der Waals surface area contributed by atoms with Crippen LogP contribution in [0.3, 0.4) is 0 Å². The van der Waals surface area contributed by atoms with E-state index in [-0.39, 0.29) is 11.3 Å². The number of nitrogens with zero attached hydrogens (tertiary/aromatic N) is 4. The number of benzene rings is 3. The lowest BCUT2D eigenvalue weighted by Crippen LogP contribution is -2.44. The zero-order valence-electron chi connectivity index (χ0n) is 18.5. The second-order valence-electron chi connectivity index (χ2n) is 8.00. The van der Waals surface area contributed by atoms with Gasteiger partial charge in [-0.05, 0) is 47.5 Å². The predicted molar refractivity (Wildman–Crippen MR) is 127 cm³/mol. The predicted octanol–water partition coefficient (Wildman–Crippen LogP) is 4.53. The summed E-state index contributed by atoms with van der Waals surface area (Å²) in [6.45, 7) is 3.17. The topological polar surface area (TPSA) is 74.1 Å². The molecule has 1 saturated heterocycles. The summed E-state index contributed by atoms with van der Waals surface area (Å²) in [5.41, 5.74) is 3.20. The van der Waals surface area contributed by atoms with Crippen molar-refractivity contribution in [3.8, 4) is 34.2 Å². The minimum atomic E-state index is -0.608. The molecule has 1 aliphatic heterocycles. The Balaban J connectivity index is 1.69. The molecule has 1 aromatic heterocycles. The molecule has 170 valence electrons. The van der Waals surface area contributed by atoms with E-state index >= 15 is 0 Å². The molecule has 2 heterocycles. The molecule has 5 rings (SSSR count). The Labute approximate surface area is 195 Å². The van der Waals surface area contributed by atoms with E-state index in [0.29, 0.717) is 33.7 Å². The lowest BCUT2D eigenvalue weighted by molar-refractivity contribution is 0.386. The van der Waals surface area contributed by atoms with Gasteiger partial charge in [0.1, 0.15) is 11.9 Å². The molecule has 6 nitrogen and oxygen atoms in total. The van der Waals surface area contributed by atoms with Crippen LogP contribution in [0.4, 0.5) is 14.7 Å². The molecule has 0 aliphatic carbocycles. The van der Waals surface area contributed by atoms with E-state index in [0.717, 1.165) is 31.7 Å². The highest BCUT2D eigenvalue weighted by molar-refractivity contribution is 5.96. The van der Waals surface area contributed by atoms with Gasteiger partial charge in [-0.2, -0.15) is 5.26 Å². The second-order valence-corrected chi connectivity index (χ2v) is 8.00. The smallest absolute Gasteiger partial charge is 0.226 e. The minimum Gasteiger partial charge on any atom is -0.494 e. The van der Waals surface area contributed by atoms with E-state index in [1.54, 1.807) is 18.2 Å². The summed E-state index contributed by atoms with van der Waals surface area (Å²) in [5.74, 6) is -0.331. The standard InChI is InChI=1S/C26H21F2N5O/c1-34-24-7-5-17(13-22(24)28)16-4-6-23-20(12-16)25(18-2-3-19(15-29)21(27)14-18)32-26(31-23)33-10-8-30-9-11-33/h2-7,12-14,30H,8-11H2,1H3. The number of hydrogen-bond acceptors (Lipinski definition) is 6. The summed E-state index contributed by atoms with van der Waals surface area (Å²) in [5, 5.41) is 13.1. The van der Waals surface area contributed by atoms with Crippen molar-refractivity contribution in [2.45, 2.75) is 0 Å². The molecule has 1 fully saturated rings. The van der Waals surface area contributed by atoms with Crippen LogP contribution in [-0.4, -0.2) is 43.3 Å². The van der Waals surface area contributed by atoms with Gasteiger partial charge >= 0.3 is 0 Å². The van der Waals surface area contributed by atoms with Crippen LogP contribution in [0.5, 0.6) is 5.75 Å². The summed E-state index contributed by atoms with van der Waals surface area (Å²) >= 11 is 0. The number of ether oxygens (including phenoxy) is 1. The fourth-order valence-electron chi connectivity index (χ4n) is 4.12. The number of halogens is 2. The maximum Gasteiger partial charge on any atom is 0.226 e. The maximum atomic E-state index is 14.5. The molecule has 0 bridgehead atoms. The lowest BCUT2D eigenvalue weighted by Gasteiger charge is -2.28. The van der Waals surface area contributed by atoms with Gasteiger partial charge in [0.05, 0.1) is 23.9 Å². The first-order chi connectivity index (χ1) is 16.6. The van der Waals surface area contributed by atoms with Gasteiger partial charge in [0.2, 0.25) is 5.95 Å². The number of hydrogen-bond donors (Lipinski definition) is 1. The van der Waals surface area contributed by atoms with Crippen molar-refractivity contribution in [3.63, 3.8) is 0 Å². The largest absolute Gasteiger partial charge is 0.494 e. The number of piperazine rings is 1. The summed E-state index contributed by atoms with van der Waals surface area (Å²) in [6.07, 6.45) is 0. The molecule has 34 heavy (non-hydrogen) atoms. The van der Waals surface area contributed by atoms with Crippen molar-refractivity contribution >= 4 is 16.9 Å². The Hall–Kier alpha value is -4.09. The Morgan fingerprint density at radius 3 is 2.32 bits per heavy atom. The van der Waals surface area contributed by atoms with Crippen LogP contribution < -0.4 is 15.0 Å². The van der Waals surface area contributed by atoms with Crippen molar-refractivity contribution in [3.05, 3.63) is 71.8 Å². The third-order valence-electron chi connectivity index (χ3n) is 5.93. The molecule has 0 saturated carbocycles. The average Bonchev–Trinajstić information content (AvgIpc) is 2.88. The van der Waals surface area contributed by atoms with Crippen LogP contribution in [0.25, 0.3) is 33.3 Å². The number of fused-ring (bicyclic) bond motifs is 1. The van der Waals surface area contributed by atoms with Crippen LogP contribution in [-0.2, 0) is 0 Å². The molecule has 0 spiro atoms. The van der Waals surface area contributed by atoms with Gasteiger partial charge in [0.15, 0.2) is 11.6 Å². The Morgan fingerprint density at radius 1 is 0.912 bits per heavy atom. The van der Waals surface area contributed by atoms with E-state index in [9.17, 15) is 8.78 Å². The van der Waals surface area contributed by atoms with E-state index < -0.39 is 11.6 Å². The first-order valence-electron chi connectivity index (χ1n) is 10.9. The van der Waals surface area contributed by atoms with Crippen molar-refractivity contribution in [2.24, 2.45) is 0 Å². The minimum absolute atomic E-state index is 0.0289. The van der Waals surface area contributed by atoms with Gasteiger partial charge in [-0.25, -0.2) is 18.7 Å². The van der Waals surface area contributed by atoms with Crippen molar-refractivity contribution in [1.29, 1.82) is 5.26 Å². The quantitative estimate of drug-likeness (QED) is 0.485. The molecule has 1 aliphatic rings. The van der Waals surface area contributed by atoms with Gasteiger partial charge in [-0.3, -0.25) is 0 Å². The highest BCUT2D eigenvalue weighted by Gasteiger charge is 2.18. The Kier molecular flexibility index (Phi) is 5.78. The molecular formula is C26H21F2N5O. The SMILES string of the molecule is COc1ccc(-c2ccc3nc(N4CCNCC4)nc(-c4ccc(C#N)c(F)c4)c3c2)cc1F. The second kappa shape index (κ2) is 9.04. The van der Waals surface area contributed by atoms with Crippen molar-refractivity contribution < 1.29 is 13.5 Å². The first-order valence-corrected chi connectivity index (χ1v) is 10.9.